The van der Waals surface area contributed by atoms with Crippen LogP contribution in [0.15, 0.2) is 54.7 Å². The van der Waals surface area contributed by atoms with Gasteiger partial charge in [-0.15, -0.1) is 0 Å². The van der Waals surface area contributed by atoms with Gasteiger partial charge in [0.05, 0.1) is 18.5 Å². The molecule has 0 aliphatic heterocycles. The molecule has 1 heterocycles. The molecule has 1 aromatic heterocycles. The third-order valence-corrected chi connectivity index (χ3v) is 5.42. The van der Waals surface area contributed by atoms with E-state index >= 15 is 0 Å². The summed E-state index contributed by atoms with van der Waals surface area (Å²) >= 11 is 0. The Morgan fingerprint density at radius 3 is 2.64 bits per heavy atom. The first kappa shape index (κ1) is 18.2. The van der Waals surface area contributed by atoms with Crippen molar-refractivity contribution in [1.29, 1.82) is 0 Å². The molecule has 1 saturated carbocycles. The number of aliphatic carboxylic acids is 1. The fourth-order valence-electron chi connectivity index (χ4n) is 4.03. The standard InChI is InChI=1S/C22H23N3O3/c26-21(27)14-20(18-11-5-7-15-6-1-4-10-17(15)18)23-22(28)19-12-13-25(24-19)16-8-2-3-9-16/h1,4-7,10-13,16,20H,2-3,8-9,14H2,(H,23,28)(H,26,27)/t20-/m1/s1. The van der Waals surface area contributed by atoms with E-state index in [1.165, 1.54) is 12.8 Å². The number of carboxylic acids is 1. The minimum atomic E-state index is -0.963. The summed E-state index contributed by atoms with van der Waals surface area (Å²) in [5.41, 5.74) is 1.12. The zero-order valence-corrected chi connectivity index (χ0v) is 15.5. The Balaban J connectivity index is 1.59. The third-order valence-electron chi connectivity index (χ3n) is 5.42. The summed E-state index contributed by atoms with van der Waals surface area (Å²) < 4.78 is 1.87. The molecule has 28 heavy (non-hydrogen) atoms. The number of benzene rings is 2. The Bertz CT molecular complexity index is 1000. The van der Waals surface area contributed by atoms with Gasteiger partial charge < -0.3 is 10.4 Å². The molecule has 3 aromatic rings. The van der Waals surface area contributed by atoms with Gasteiger partial charge in [-0.1, -0.05) is 55.3 Å². The normalized spacial score (nSPS) is 15.6. The Morgan fingerprint density at radius 2 is 1.86 bits per heavy atom. The smallest absolute Gasteiger partial charge is 0.305 e. The Hall–Kier alpha value is -3.15. The predicted octanol–water partition coefficient (Wildman–Crippen LogP) is 4.10. The summed E-state index contributed by atoms with van der Waals surface area (Å²) in [7, 11) is 0. The summed E-state index contributed by atoms with van der Waals surface area (Å²) in [5.74, 6) is -1.31. The number of aromatic nitrogens is 2. The molecule has 0 bridgehead atoms. The van der Waals surface area contributed by atoms with Crippen molar-refractivity contribution in [3.05, 3.63) is 66.0 Å². The van der Waals surface area contributed by atoms with E-state index in [0.29, 0.717) is 11.7 Å². The monoisotopic (exact) mass is 377 g/mol. The zero-order chi connectivity index (χ0) is 19.5. The van der Waals surface area contributed by atoms with Gasteiger partial charge in [0.25, 0.3) is 5.91 Å². The van der Waals surface area contributed by atoms with E-state index in [2.05, 4.69) is 10.4 Å². The van der Waals surface area contributed by atoms with Gasteiger partial charge in [0.1, 0.15) is 5.69 Å². The van der Waals surface area contributed by atoms with E-state index in [-0.39, 0.29) is 12.3 Å². The van der Waals surface area contributed by atoms with Gasteiger partial charge >= 0.3 is 5.97 Å². The van der Waals surface area contributed by atoms with Gasteiger partial charge in [-0.2, -0.15) is 5.10 Å². The van der Waals surface area contributed by atoms with Crippen LogP contribution in [-0.4, -0.2) is 26.8 Å². The van der Waals surface area contributed by atoms with Crippen LogP contribution in [-0.2, 0) is 4.79 Å². The van der Waals surface area contributed by atoms with Gasteiger partial charge in [-0.05, 0) is 35.2 Å². The van der Waals surface area contributed by atoms with Crippen molar-refractivity contribution in [2.45, 2.75) is 44.2 Å². The van der Waals surface area contributed by atoms with Crippen LogP contribution in [0.3, 0.4) is 0 Å². The second kappa shape index (κ2) is 7.84. The van der Waals surface area contributed by atoms with Gasteiger partial charge in [0.15, 0.2) is 0 Å². The first-order chi connectivity index (χ1) is 13.6. The summed E-state index contributed by atoms with van der Waals surface area (Å²) in [6.07, 6.45) is 6.19. The highest BCUT2D eigenvalue weighted by atomic mass is 16.4. The summed E-state index contributed by atoms with van der Waals surface area (Å²) in [5, 5.41) is 18.6. The number of rotatable bonds is 6. The lowest BCUT2D eigenvalue weighted by Gasteiger charge is -2.19. The molecule has 1 fully saturated rings. The number of nitrogens with one attached hydrogen (secondary N) is 1. The lowest BCUT2D eigenvalue weighted by atomic mass is 9.96. The minimum absolute atomic E-state index is 0.191. The second-order valence-corrected chi connectivity index (χ2v) is 7.31. The van der Waals surface area contributed by atoms with E-state index in [9.17, 15) is 14.7 Å². The molecule has 0 spiro atoms. The number of fused-ring (bicyclic) bond motifs is 1. The number of nitrogens with zero attached hydrogens (tertiary/aromatic N) is 2. The van der Waals surface area contributed by atoms with Crippen molar-refractivity contribution < 1.29 is 14.7 Å². The van der Waals surface area contributed by atoms with Crippen molar-refractivity contribution in [2.24, 2.45) is 0 Å². The second-order valence-electron chi connectivity index (χ2n) is 7.31. The highest BCUT2D eigenvalue weighted by Crippen LogP contribution is 2.29. The topological polar surface area (TPSA) is 84.2 Å². The van der Waals surface area contributed by atoms with Gasteiger partial charge in [-0.25, -0.2) is 0 Å². The van der Waals surface area contributed by atoms with Crippen molar-refractivity contribution in [2.75, 3.05) is 0 Å². The van der Waals surface area contributed by atoms with Crippen LogP contribution in [0, 0.1) is 0 Å². The van der Waals surface area contributed by atoms with Crippen molar-refractivity contribution >= 4 is 22.6 Å². The quantitative estimate of drug-likeness (QED) is 0.677. The third kappa shape index (κ3) is 3.76. The molecule has 4 rings (SSSR count). The maximum absolute atomic E-state index is 12.8. The van der Waals surface area contributed by atoms with E-state index in [1.54, 1.807) is 6.07 Å². The average molecular weight is 377 g/mol. The number of carboxylic acid groups (broad SMARTS) is 1. The molecule has 2 N–H and O–H groups in total. The number of carbonyl (C=O) groups is 2. The van der Waals surface area contributed by atoms with Crippen LogP contribution in [0.5, 0.6) is 0 Å². The minimum Gasteiger partial charge on any atom is -0.481 e. The summed E-state index contributed by atoms with van der Waals surface area (Å²) in [6.45, 7) is 0. The lowest BCUT2D eigenvalue weighted by Crippen LogP contribution is -2.30. The number of hydrogen-bond acceptors (Lipinski definition) is 3. The molecule has 0 saturated heterocycles. The molecule has 144 valence electrons. The van der Waals surface area contributed by atoms with Crippen molar-refractivity contribution in [3.63, 3.8) is 0 Å². The molecular formula is C22H23N3O3. The van der Waals surface area contributed by atoms with Crippen LogP contribution < -0.4 is 5.32 Å². The van der Waals surface area contributed by atoms with E-state index < -0.39 is 12.0 Å². The highest BCUT2D eigenvalue weighted by Gasteiger charge is 2.23. The van der Waals surface area contributed by atoms with Crippen molar-refractivity contribution in [3.8, 4) is 0 Å². The van der Waals surface area contributed by atoms with E-state index in [4.69, 9.17) is 0 Å². The summed E-state index contributed by atoms with van der Waals surface area (Å²) in [4.78, 5) is 24.2. The largest absolute Gasteiger partial charge is 0.481 e. The number of carbonyl (C=O) groups excluding carboxylic acids is 1. The fourth-order valence-corrected chi connectivity index (χ4v) is 4.03. The Kier molecular flexibility index (Phi) is 5.10. The maximum atomic E-state index is 12.8. The maximum Gasteiger partial charge on any atom is 0.305 e. The lowest BCUT2D eigenvalue weighted by molar-refractivity contribution is -0.137. The Morgan fingerprint density at radius 1 is 1.11 bits per heavy atom. The van der Waals surface area contributed by atoms with Crippen LogP contribution in [0.4, 0.5) is 0 Å². The molecule has 1 aliphatic carbocycles. The number of amides is 1. The molecule has 1 atom stereocenters. The zero-order valence-electron chi connectivity index (χ0n) is 15.5. The highest BCUT2D eigenvalue weighted by molar-refractivity contribution is 5.94. The molecule has 6 heteroatoms. The molecule has 1 amide bonds. The molecule has 0 radical (unpaired) electrons. The first-order valence-electron chi connectivity index (χ1n) is 9.67. The Labute approximate surface area is 163 Å². The fraction of sp³-hybridized carbons (Fsp3) is 0.318. The molecule has 2 aromatic carbocycles. The number of hydrogen-bond donors (Lipinski definition) is 2. The van der Waals surface area contributed by atoms with Crippen LogP contribution in [0.2, 0.25) is 0 Å². The predicted molar refractivity (Wildman–Crippen MR) is 106 cm³/mol. The van der Waals surface area contributed by atoms with Gasteiger partial charge in [0.2, 0.25) is 0 Å². The summed E-state index contributed by atoms with van der Waals surface area (Å²) in [6, 6.07) is 14.9. The van der Waals surface area contributed by atoms with E-state index in [0.717, 1.165) is 29.2 Å². The first-order valence-corrected chi connectivity index (χ1v) is 9.67. The van der Waals surface area contributed by atoms with Gasteiger partial charge in [-0.3, -0.25) is 14.3 Å². The van der Waals surface area contributed by atoms with Crippen LogP contribution in [0.1, 0.15) is 60.2 Å². The molecule has 6 nitrogen and oxygen atoms in total. The SMILES string of the molecule is O=C(O)C[C@@H](NC(=O)c1ccn(C2CCCC2)n1)c1cccc2ccccc12. The molecular weight excluding hydrogens is 354 g/mol. The van der Waals surface area contributed by atoms with E-state index in [1.807, 2.05) is 53.3 Å². The van der Waals surface area contributed by atoms with Crippen LogP contribution >= 0.6 is 0 Å². The average Bonchev–Trinajstić information content (AvgIpc) is 3.38. The molecule has 0 unspecified atom stereocenters. The van der Waals surface area contributed by atoms with Gasteiger partial charge in [0, 0.05) is 6.20 Å². The van der Waals surface area contributed by atoms with Crippen molar-refractivity contribution in [1.82, 2.24) is 15.1 Å². The molecule has 1 aliphatic rings. The van der Waals surface area contributed by atoms with Crippen LogP contribution in [0.25, 0.3) is 10.8 Å².